The maximum Gasteiger partial charge on any atom is 0.286 e. The Morgan fingerprint density at radius 3 is 2.35 bits per heavy atom. The highest BCUT2D eigenvalue weighted by molar-refractivity contribution is 4.91. The van der Waals surface area contributed by atoms with Crippen molar-refractivity contribution in [2.75, 3.05) is 26.2 Å². The third-order valence-corrected chi connectivity index (χ3v) is 4.34. The molecule has 4 nitrogen and oxygen atoms in total. The third kappa shape index (κ3) is 5.93. The van der Waals surface area contributed by atoms with Gasteiger partial charge in [-0.3, -0.25) is 4.90 Å². The van der Waals surface area contributed by atoms with E-state index in [9.17, 15) is 8.78 Å². The van der Waals surface area contributed by atoms with E-state index in [1.807, 2.05) is 27.7 Å². The number of nitrogens with zero attached hydrogens (tertiary/aromatic N) is 1. The minimum Gasteiger partial charge on any atom is -0.377 e. The largest absolute Gasteiger partial charge is 0.377 e. The van der Waals surface area contributed by atoms with Gasteiger partial charge in [0, 0.05) is 13.1 Å². The predicted molar refractivity (Wildman–Crippen MR) is 85.0 cm³/mol. The highest BCUT2D eigenvalue weighted by Crippen LogP contribution is 2.35. The van der Waals surface area contributed by atoms with Crippen LogP contribution in [0.1, 0.15) is 47.0 Å². The molecule has 0 amide bonds. The molecule has 0 radical (unpaired) electrons. The molecule has 136 valence electrons. The monoisotopic (exact) mass is 335 g/mol. The average Bonchev–Trinajstić information content (AvgIpc) is 2.37. The lowest BCUT2D eigenvalue weighted by atomic mass is 9.91. The Morgan fingerprint density at radius 2 is 1.78 bits per heavy atom. The van der Waals surface area contributed by atoms with Gasteiger partial charge in [-0.05, 0) is 47.0 Å². The summed E-state index contributed by atoms with van der Waals surface area (Å²) in [7, 11) is 0. The van der Waals surface area contributed by atoms with Gasteiger partial charge < -0.3 is 14.2 Å². The van der Waals surface area contributed by atoms with E-state index >= 15 is 0 Å². The summed E-state index contributed by atoms with van der Waals surface area (Å²) in [6.45, 7) is 9.32. The quantitative estimate of drug-likeness (QED) is 0.682. The number of alkyl halides is 2. The number of likely N-dealkylation sites (tertiary alicyclic amines) is 1. The van der Waals surface area contributed by atoms with Crippen LogP contribution < -0.4 is 0 Å². The summed E-state index contributed by atoms with van der Waals surface area (Å²) in [5.74, 6) is -2.79. The summed E-state index contributed by atoms with van der Waals surface area (Å²) in [5, 5.41) is 0. The van der Waals surface area contributed by atoms with E-state index < -0.39 is 12.0 Å². The Kier molecular flexibility index (Phi) is 6.77. The van der Waals surface area contributed by atoms with Crippen molar-refractivity contribution in [3.8, 4) is 0 Å². The number of rotatable bonds is 8. The van der Waals surface area contributed by atoms with E-state index in [1.165, 1.54) is 0 Å². The summed E-state index contributed by atoms with van der Waals surface area (Å²) in [6.07, 6.45) is 1.28. The number of hydrogen-bond donors (Lipinski definition) is 0. The first-order chi connectivity index (χ1) is 10.8. The molecule has 1 unspecified atom stereocenters. The first-order valence-corrected chi connectivity index (χ1v) is 8.79. The lowest BCUT2D eigenvalue weighted by molar-refractivity contribution is -0.219. The van der Waals surface area contributed by atoms with Gasteiger partial charge >= 0.3 is 0 Å². The zero-order valence-corrected chi connectivity index (χ0v) is 14.8. The maximum atomic E-state index is 14.3. The predicted octanol–water partition coefficient (Wildman–Crippen LogP) is 3.09. The topological polar surface area (TPSA) is 30.9 Å². The molecule has 1 saturated heterocycles. The Balaban J connectivity index is 1.69. The highest BCUT2D eigenvalue weighted by Gasteiger charge is 2.47. The van der Waals surface area contributed by atoms with Crippen LogP contribution in [0, 0.1) is 0 Å². The molecule has 1 saturated carbocycles. The average molecular weight is 335 g/mol. The molecule has 1 aliphatic heterocycles. The minimum absolute atomic E-state index is 0.0783. The van der Waals surface area contributed by atoms with Crippen molar-refractivity contribution in [3.63, 3.8) is 0 Å². The van der Waals surface area contributed by atoms with Crippen LogP contribution in [0.3, 0.4) is 0 Å². The standard InChI is InChI=1S/C17H31F2NO3/c1-12(2)21-8-7-20-6-5-16(17(18,19)11-20)23-15-9-14(10-15)22-13(3)4/h12-16H,5-11H2,1-4H3/t14-,15-,16?. The SMILES string of the molecule is CC(C)OCCN1CCC(O[C@H]2C[C@H](OC(C)C)C2)C(F)(F)C1. The zero-order chi connectivity index (χ0) is 17.0. The van der Waals surface area contributed by atoms with Crippen molar-refractivity contribution in [1.29, 1.82) is 0 Å². The van der Waals surface area contributed by atoms with Crippen molar-refractivity contribution < 1.29 is 23.0 Å². The summed E-state index contributed by atoms with van der Waals surface area (Å²) in [6, 6.07) is 0. The molecule has 0 spiro atoms. The lowest BCUT2D eigenvalue weighted by Gasteiger charge is -2.43. The fourth-order valence-corrected chi connectivity index (χ4v) is 3.12. The molecule has 0 N–H and O–H groups in total. The van der Waals surface area contributed by atoms with Crippen molar-refractivity contribution in [2.45, 2.75) is 83.4 Å². The number of piperidine rings is 1. The van der Waals surface area contributed by atoms with Crippen molar-refractivity contribution >= 4 is 0 Å². The zero-order valence-electron chi connectivity index (χ0n) is 14.8. The smallest absolute Gasteiger partial charge is 0.286 e. The first kappa shape index (κ1) is 19.0. The molecule has 0 aromatic rings. The molecular formula is C17H31F2NO3. The van der Waals surface area contributed by atoms with Gasteiger partial charge in [0.15, 0.2) is 0 Å². The second-order valence-corrected chi connectivity index (χ2v) is 7.27. The van der Waals surface area contributed by atoms with Gasteiger partial charge in [0.05, 0.1) is 37.6 Å². The highest BCUT2D eigenvalue weighted by atomic mass is 19.3. The number of halogens is 2. The van der Waals surface area contributed by atoms with E-state index in [4.69, 9.17) is 14.2 Å². The molecule has 1 aliphatic carbocycles. The van der Waals surface area contributed by atoms with Gasteiger partial charge in [0.2, 0.25) is 0 Å². The fraction of sp³-hybridized carbons (Fsp3) is 1.00. The van der Waals surface area contributed by atoms with Crippen LogP contribution in [-0.2, 0) is 14.2 Å². The van der Waals surface area contributed by atoms with Crippen LogP contribution in [0.5, 0.6) is 0 Å². The molecule has 1 heterocycles. The molecule has 0 aromatic carbocycles. The van der Waals surface area contributed by atoms with Crippen LogP contribution in [0.25, 0.3) is 0 Å². The van der Waals surface area contributed by atoms with Crippen LogP contribution in [0.15, 0.2) is 0 Å². The van der Waals surface area contributed by atoms with Gasteiger partial charge in [-0.2, -0.15) is 0 Å². The summed E-state index contributed by atoms with van der Waals surface area (Å²) in [4.78, 5) is 1.77. The number of hydrogen-bond acceptors (Lipinski definition) is 4. The van der Waals surface area contributed by atoms with Crippen molar-refractivity contribution in [1.82, 2.24) is 4.90 Å². The normalized spacial score (nSPS) is 31.6. The Morgan fingerprint density at radius 1 is 1.09 bits per heavy atom. The lowest BCUT2D eigenvalue weighted by Crippen LogP contribution is -2.55. The molecule has 2 aliphatic rings. The van der Waals surface area contributed by atoms with Gasteiger partial charge in [0.1, 0.15) is 6.10 Å². The molecule has 1 atom stereocenters. The Labute approximate surface area is 138 Å². The summed E-state index contributed by atoms with van der Waals surface area (Å²) < 4.78 is 45.3. The third-order valence-electron chi connectivity index (χ3n) is 4.34. The van der Waals surface area contributed by atoms with E-state index in [0.29, 0.717) is 26.1 Å². The van der Waals surface area contributed by atoms with Gasteiger partial charge in [0.25, 0.3) is 5.92 Å². The Bertz CT molecular complexity index is 360. The molecule has 23 heavy (non-hydrogen) atoms. The summed E-state index contributed by atoms with van der Waals surface area (Å²) in [5.41, 5.74) is 0. The van der Waals surface area contributed by atoms with Crippen LogP contribution in [0.4, 0.5) is 8.78 Å². The maximum absolute atomic E-state index is 14.3. The molecule has 6 heteroatoms. The van der Waals surface area contributed by atoms with Crippen molar-refractivity contribution in [3.05, 3.63) is 0 Å². The van der Waals surface area contributed by atoms with E-state index in [1.54, 1.807) is 4.90 Å². The van der Waals surface area contributed by atoms with Crippen LogP contribution in [-0.4, -0.2) is 67.6 Å². The molecule has 0 aromatic heterocycles. The molecule has 2 fully saturated rings. The second kappa shape index (κ2) is 8.19. The van der Waals surface area contributed by atoms with E-state index in [2.05, 4.69) is 0 Å². The first-order valence-electron chi connectivity index (χ1n) is 8.79. The van der Waals surface area contributed by atoms with E-state index in [-0.39, 0.29) is 31.0 Å². The van der Waals surface area contributed by atoms with Gasteiger partial charge in [-0.25, -0.2) is 8.78 Å². The molecule has 2 rings (SSSR count). The summed E-state index contributed by atoms with van der Waals surface area (Å²) >= 11 is 0. The van der Waals surface area contributed by atoms with Crippen molar-refractivity contribution in [2.24, 2.45) is 0 Å². The van der Waals surface area contributed by atoms with Gasteiger partial charge in [-0.15, -0.1) is 0 Å². The fourth-order valence-electron chi connectivity index (χ4n) is 3.12. The molecule has 0 bridgehead atoms. The van der Waals surface area contributed by atoms with Gasteiger partial charge in [-0.1, -0.05) is 0 Å². The number of ether oxygens (including phenoxy) is 3. The second-order valence-electron chi connectivity index (χ2n) is 7.27. The van der Waals surface area contributed by atoms with Crippen LogP contribution >= 0.6 is 0 Å². The minimum atomic E-state index is -2.79. The van der Waals surface area contributed by atoms with E-state index in [0.717, 1.165) is 12.8 Å². The Hall–Kier alpha value is -0.300. The molecular weight excluding hydrogens is 304 g/mol. The van der Waals surface area contributed by atoms with Crippen LogP contribution in [0.2, 0.25) is 0 Å².